The molecule has 2 heteroatoms. The highest BCUT2D eigenvalue weighted by molar-refractivity contribution is 5.45. The predicted octanol–water partition coefficient (Wildman–Crippen LogP) is 9.95. The second-order valence-corrected chi connectivity index (χ2v) is 10.4. The van der Waals surface area contributed by atoms with Gasteiger partial charge in [-0.2, -0.15) is 0 Å². The molecule has 0 unspecified atom stereocenters. The molecule has 0 aliphatic rings. The Morgan fingerprint density at radius 2 is 0.765 bits per heavy atom. The standard InChI is InChI=1S/C32H57NO/c34-31-33-30-26-21-19-17-15-13-11-9-7-5-3-1-2-4-6-8-10-12-14-16-18-20-23-27-32-28-24-22-25-29-32/h22,24-25,28-29,31H,1-21,23,26-27,30H2,(H,33,34). The number of rotatable bonds is 27. The van der Waals surface area contributed by atoms with Crippen LogP contribution in [0.2, 0.25) is 0 Å². The van der Waals surface area contributed by atoms with Gasteiger partial charge in [-0.25, -0.2) is 0 Å². The van der Waals surface area contributed by atoms with E-state index in [9.17, 15) is 4.79 Å². The Hall–Kier alpha value is -1.31. The van der Waals surface area contributed by atoms with E-state index < -0.39 is 0 Å². The van der Waals surface area contributed by atoms with Crippen molar-refractivity contribution in [2.45, 2.75) is 154 Å². The summed E-state index contributed by atoms with van der Waals surface area (Å²) in [5.41, 5.74) is 1.50. The summed E-state index contributed by atoms with van der Waals surface area (Å²) in [7, 11) is 0. The number of carbonyl (C=O) groups is 1. The molecule has 0 saturated heterocycles. The first-order valence-corrected chi connectivity index (χ1v) is 15.1. The fourth-order valence-corrected chi connectivity index (χ4v) is 4.97. The van der Waals surface area contributed by atoms with Gasteiger partial charge in [0, 0.05) is 6.54 Å². The lowest BCUT2D eigenvalue weighted by molar-refractivity contribution is -0.109. The average Bonchev–Trinajstić information content (AvgIpc) is 2.87. The molecule has 1 amide bonds. The van der Waals surface area contributed by atoms with Gasteiger partial charge < -0.3 is 5.32 Å². The lowest BCUT2D eigenvalue weighted by Gasteiger charge is -2.04. The normalized spacial score (nSPS) is 11.1. The highest BCUT2D eigenvalue weighted by Gasteiger charge is 1.97. The van der Waals surface area contributed by atoms with Gasteiger partial charge in [-0.05, 0) is 24.8 Å². The van der Waals surface area contributed by atoms with Gasteiger partial charge >= 0.3 is 0 Å². The molecular formula is C32H57NO. The van der Waals surface area contributed by atoms with Crippen LogP contribution in [0.1, 0.15) is 153 Å². The number of aryl methyl sites for hydroxylation is 1. The third-order valence-electron chi connectivity index (χ3n) is 7.21. The zero-order chi connectivity index (χ0) is 24.2. The molecule has 0 fully saturated rings. The van der Waals surface area contributed by atoms with Crippen LogP contribution in [-0.4, -0.2) is 13.0 Å². The maximum Gasteiger partial charge on any atom is 0.207 e. The lowest BCUT2D eigenvalue weighted by atomic mass is 10.0. The first-order valence-electron chi connectivity index (χ1n) is 15.1. The minimum atomic E-state index is 0.805. The molecule has 1 aromatic carbocycles. The molecule has 0 bridgehead atoms. The van der Waals surface area contributed by atoms with Crippen LogP contribution in [0.4, 0.5) is 0 Å². The Bertz CT molecular complexity index is 515. The molecule has 1 rings (SSSR count). The Labute approximate surface area is 213 Å². The number of hydrogen-bond donors (Lipinski definition) is 1. The van der Waals surface area contributed by atoms with E-state index in [0.717, 1.165) is 19.4 Å². The molecule has 0 radical (unpaired) electrons. The number of hydrogen-bond acceptors (Lipinski definition) is 1. The molecule has 1 N–H and O–H groups in total. The Morgan fingerprint density at radius 1 is 0.441 bits per heavy atom. The molecule has 34 heavy (non-hydrogen) atoms. The van der Waals surface area contributed by atoms with Crippen molar-refractivity contribution in [1.82, 2.24) is 5.32 Å². The third kappa shape index (κ3) is 22.5. The maximum absolute atomic E-state index is 10.2. The van der Waals surface area contributed by atoms with Gasteiger partial charge in [-0.3, -0.25) is 4.79 Å². The Kier molecular flexibility index (Phi) is 23.8. The number of benzene rings is 1. The van der Waals surface area contributed by atoms with E-state index in [1.165, 1.54) is 153 Å². The molecule has 0 spiro atoms. The first kappa shape index (κ1) is 30.7. The molecule has 0 aliphatic carbocycles. The van der Waals surface area contributed by atoms with E-state index in [0.29, 0.717) is 0 Å². The van der Waals surface area contributed by atoms with Crippen LogP contribution >= 0.6 is 0 Å². The lowest BCUT2D eigenvalue weighted by Crippen LogP contribution is -2.11. The number of nitrogens with one attached hydrogen (secondary N) is 1. The van der Waals surface area contributed by atoms with Crippen molar-refractivity contribution >= 4 is 6.41 Å². The first-order chi connectivity index (χ1) is 16.9. The summed E-state index contributed by atoms with van der Waals surface area (Å²) in [4.78, 5) is 10.2. The molecule has 0 aliphatic heterocycles. The van der Waals surface area contributed by atoms with Crippen molar-refractivity contribution in [3.63, 3.8) is 0 Å². The van der Waals surface area contributed by atoms with Crippen LogP contribution in [-0.2, 0) is 11.2 Å². The van der Waals surface area contributed by atoms with Gasteiger partial charge in [0.15, 0.2) is 0 Å². The van der Waals surface area contributed by atoms with Crippen LogP contribution in [0.15, 0.2) is 30.3 Å². The van der Waals surface area contributed by atoms with Crippen LogP contribution in [0.25, 0.3) is 0 Å². The summed E-state index contributed by atoms with van der Waals surface area (Å²) in [5.74, 6) is 0. The van der Waals surface area contributed by atoms with Gasteiger partial charge in [0.05, 0.1) is 0 Å². The summed E-state index contributed by atoms with van der Waals surface area (Å²) in [6.45, 7) is 0.847. The molecule has 0 aromatic heterocycles. The number of unbranched alkanes of at least 4 members (excludes halogenated alkanes) is 22. The van der Waals surface area contributed by atoms with Crippen molar-refractivity contribution in [2.24, 2.45) is 0 Å². The fourth-order valence-electron chi connectivity index (χ4n) is 4.97. The summed E-state index contributed by atoms with van der Waals surface area (Å²) < 4.78 is 0. The number of carbonyl (C=O) groups excluding carboxylic acids is 1. The Morgan fingerprint density at radius 3 is 1.12 bits per heavy atom. The third-order valence-corrected chi connectivity index (χ3v) is 7.21. The van der Waals surface area contributed by atoms with Crippen LogP contribution in [0, 0.1) is 0 Å². The quantitative estimate of drug-likeness (QED) is 0.100. The van der Waals surface area contributed by atoms with Crippen LogP contribution < -0.4 is 5.32 Å². The highest BCUT2D eigenvalue weighted by Crippen LogP contribution is 2.15. The minimum absolute atomic E-state index is 0.805. The molecule has 1 aromatic rings. The Balaban J connectivity index is 1.64. The fraction of sp³-hybridized carbons (Fsp3) is 0.781. The van der Waals surface area contributed by atoms with Gasteiger partial charge in [0.1, 0.15) is 0 Å². The van der Waals surface area contributed by atoms with Crippen molar-refractivity contribution in [3.05, 3.63) is 35.9 Å². The molecule has 0 saturated carbocycles. The topological polar surface area (TPSA) is 29.1 Å². The van der Waals surface area contributed by atoms with E-state index in [2.05, 4.69) is 35.6 Å². The zero-order valence-corrected chi connectivity index (χ0v) is 22.6. The van der Waals surface area contributed by atoms with E-state index in [-0.39, 0.29) is 0 Å². The van der Waals surface area contributed by atoms with Crippen molar-refractivity contribution in [2.75, 3.05) is 6.54 Å². The highest BCUT2D eigenvalue weighted by atomic mass is 16.1. The average molecular weight is 472 g/mol. The number of amides is 1. The molecule has 0 atom stereocenters. The van der Waals surface area contributed by atoms with E-state index in [1.807, 2.05) is 0 Å². The van der Waals surface area contributed by atoms with Gasteiger partial charge in [-0.1, -0.05) is 165 Å². The molecule has 2 nitrogen and oxygen atoms in total. The van der Waals surface area contributed by atoms with Crippen molar-refractivity contribution < 1.29 is 4.79 Å². The van der Waals surface area contributed by atoms with Gasteiger partial charge in [0.25, 0.3) is 0 Å². The van der Waals surface area contributed by atoms with Crippen LogP contribution in [0.3, 0.4) is 0 Å². The SMILES string of the molecule is O=CNCCCCCCCCCCCCCCCCCCCCCCCCCc1ccccc1. The van der Waals surface area contributed by atoms with Gasteiger partial charge in [0.2, 0.25) is 6.41 Å². The maximum atomic E-state index is 10.2. The monoisotopic (exact) mass is 471 g/mol. The second kappa shape index (κ2) is 26.3. The molecular weight excluding hydrogens is 414 g/mol. The zero-order valence-electron chi connectivity index (χ0n) is 22.6. The van der Waals surface area contributed by atoms with E-state index in [1.54, 1.807) is 0 Å². The van der Waals surface area contributed by atoms with E-state index >= 15 is 0 Å². The summed E-state index contributed by atoms with van der Waals surface area (Å²) in [6.07, 6.45) is 34.5. The largest absolute Gasteiger partial charge is 0.359 e. The molecule has 196 valence electrons. The summed E-state index contributed by atoms with van der Waals surface area (Å²) >= 11 is 0. The summed E-state index contributed by atoms with van der Waals surface area (Å²) in [6, 6.07) is 10.9. The second-order valence-electron chi connectivity index (χ2n) is 10.4. The minimum Gasteiger partial charge on any atom is -0.359 e. The summed E-state index contributed by atoms with van der Waals surface area (Å²) in [5, 5.41) is 2.74. The van der Waals surface area contributed by atoms with Crippen molar-refractivity contribution in [1.29, 1.82) is 0 Å². The smallest absolute Gasteiger partial charge is 0.207 e. The van der Waals surface area contributed by atoms with Gasteiger partial charge in [-0.15, -0.1) is 0 Å². The van der Waals surface area contributed by atoms with Crippen molar-refractivity contribution in [3.8, 4) is 0 Å². The molecule has 0 heterocycles. The van der Waals surface area contributed by atoms with Crippen LogP contribution in [0.5, 0.6) is 0 Å². The predicted molar refractivity (Wildman–Crippen MR) is 150 cm³/mol. The van der Waals surface area contributed by atoms with E-state index in [4.69, 9.17) is 0 Å².